The number of nitrogens with one attached hydrogen (secondary N) is 2. The monoisotopic (exact) mass is 266 g/mol. The Morgan fingerprint density at radius 1 is 1.30 bits per heavy atom. The largest absolute Gasteiger partial charge is 0.397 e. The van der Waals surface area contributed by atoms with Crippen molar-refractivity contribution < 1.29 is 4.79 Å². The minimum Gasteiger partial charge on any atom is -0.397 e. The van der Waals surface area contributed by atoms with Crippen molar-refractivity contribution in [2.45, 2.75) is 6.92 Å². The molecule has 5 heteroatoms. The van der Waals surface area contributed by atoms with Gasteiger partial charge in [-0.3, -0.25) is 9.78 Å². The third-order valence-corrected chi connectivity index (χ3v) is 3.19. The third kappa shape index (κ3) is 2.09. The molecule has 0 saturated carbocycles. The number of pyridine rings is 1. The van der Waals surface area contributed by atoms with Crippen LogP contribution in [0.3, 0.4) is 0 Å². The summed E-state index contributed by atoms with van der Waals surface area (Å²) in [4.78, 5) is 19.4. The zero-order chi connectivity index (χ0) is 14.1. The van der Waals surface area contributed by atoms with Gasteiger partial charge in [0.2, 0.25) is 0 Å². The molecule has 0 aliphatic rings. The number of nitrogen functional groups attached to an aromatic ring is 1. The topological polar surface area (TPSA) is 83.8 Å². The predicted octanol–water partition coefficient (Wildman–Crippen LogP) is 2.71. The molecule has 0 saturated heterocycles. The fraction of sp³-hybridized carbons (Fsp3) is 0.0667. The highest BCUT2D eigenvalue weighted by Crippen LogP contribution is 2.22. The number of aromatic amines is 1. The van der Waals surface area contributed by atoms with Gasteiger partial charge in [-0.25, -0.2) is 0 Å². The van der Waals surface area contributed by atoms with Crippen LogP contribution < -0.4 is 11.1 Å². The van der Waals surface area contributed by atoms with E-state index in [4.69, 9.17) is 5.73 Å². The zero-order valence-corrected chi connectivity index (χ0v) is 11.0. The Hall–Kier alpha value is -2.82. The average Bonchev–Trinajstić information content (AvgIpc) is 2.87. The maximum atomic E-state index is 12.2. The summed E-state index contributed by atoms with van der Waals surface area (Å²) >= 11 is 0. The van der Waals surface area contributed by atoms with Crippen molar-refractivity contribution >= 4 is 28.2 Å². The third-order valence-electron chi connectivity index (χ3n) is 3.19. The van der Waals surface area contributed by atoms with Crippen molar-refractivity contribution in [3.8, 4) is 0 Å². The number of aryl methyl sites for hydroxylation is 1. The van der Waals surface area contributed by atoms with Crippen LogP contribution in [0.2, 0.25) is 0 Å². The van der Waals surface area contributed by atoms with Gasteiger partial charge in [-0.2, -0.15) is 0 Å². The summed E-state index contributed by atoms with van der Waals surface area (Å²) < 4.78 is 0. The Bertz CT molecular complexity index is 791. The van der Waals surface area contributed by atoms with Crippen LogP contribution in [0, 0.1) is 6.92 Å². The number of para-hydroxylation sites is 1. The van der Waals surface area contributed by atoms with Gasteiger partial charge in [0.15, 0.2) is 0 Å². The number of anilines is 2. The standard InChI is InChI=1S/C15H14N4O/c1-9-12(6-3-7-17-9)19-15(20)13-8-10-4-2-5-11(16)14(10)18-13/h2-8,18H,16H2,1H3,(H,19,20). The number of hydrogen-bond acceptors (Lipinski definition) is 3. The molecule has 1 aromatic carbocycles. The Labute approximate surface area is 115 Å². The van der Waals surface area contributed by atoms with Crippen LogP contribution >= 0.6 is 0 Å². The van der Waals surface area contributed by atoms with E-state index in [1.807, 2.05) is 25.1 Å². The molecule has 0 radical (unpaired) electrons. The van der Waals surface area contributed by atoms with Gasteiger partial charge in [0.1, 0.15) is 5.69 Å². The SMILES string of the molecule is Cc1ncccc1NC(=O)c1cc2cccc(N)c2[nH]1. The van der Waals surface area contributed by atoms with Crippen LogP contribution in [0.1, 0.15) is 16.2 Å². The van der Waals surface area contributed by atoms with Crippen molar-refractivity contribution in [1.29, 1.82) is 0 Å². The highest BCUT2D eigenvalue weighted by molar-refractivity contribution is 6.07. The van der Waals surface area contributed by atoms with E-state index in [-0.39, 0.29) is 5.91 Å². The van der Waals surface area contributed by atoms with E-state index in [1.54, 1.807) is 24.4 Å². The number of carbonyl (C=O) groups is 1. The molecule has 2 aromatic heterocycles. The van der Waals surface area contributed by atoms with Crippen molar-refractivity contribution in [1.82, 2.24) is 9.97 Å². The van der Waals surface area contributed by atoms with E-state index in [1.165, 1.54) is 0 Å². The van der Waals surface area contributed by atoms with E-state index >= 15 is 0 Å². The van der Waals surface area contributed by atoms with Gasteiger partial charge >= 0.3 is 0 Å². The maximum Gasteiger partial charge on any atom is 0.272 e. The van der Waals surface area contributed by atoms with Gasteiger partial charge in [0.25, 0.3) is 5.91 Å². The lowest BCUT2D eigenvalue weighted by atomic mass is 10.2. The molecule has 5 nitrogen and oxygen atoms in total. The number of carbonyl (C=O) groups excluding carboxylic acids is 1. The van der Waals surface area contributed by atoms with Crippen molar-refractivity contribution in [3.05, 3.63) is 54.0 Å². The molecule has 0 bridgehead atoms. The van der Waals surface area contributed by atoms with Crippen LogP contribution in [-0.2, 0) is 0 Å². The molecule has 2 heterocycles. The van der Waals surface area contributed by atoms with Gasteiger partial charge in [0.05, 0.1) is 22.6 Å². The minimum absolute atomic E-state index is 0.211. The average molecular weight is 266 g/mol. The number of rotatable bonds is 2. The highest BCUT2D eigenvalue weighted by atomic mass is 16.1. The molecule has 4 N–H and O–H groups in total. The number of aromatic nitrogens is 2. The van der Waals surface area contributed by atoms with E-state index in [0.717, 1.165) is 16.6 Å². The highest BCUT2D eigenvalue weighted by Gasteiger charge is 2.12. The summed E-state index contributed by atoms with van der Waals surface area (Å²) in [6.45, 7) is 1.85. The van der Waals surface area contributed by atoms with E-state index < -0.39 is 0 Å². The summed E-state index contributed by atoms with van der Waals surface area (Å²) in [7, 11) is 0. The second kappa shape index (κ2) is 4.70. The summed E-state index contributed by atoms with van der Waals surface area (Å²) in [5, 5.41) is 3.75. The number of nitrogens with zero attached hydrogens (tertiary/aromatic N) is 1. The van der Waals surface area contributed by atoms with Crippen LogP contribution in [-0.4, -0.2) is 15.9 Å². The molecule has 0 fully saturated rings. The zero-order valence-electron chi connectivity index (χ0n) is 11.0. The van der Waals surface area contributed by atoms with Crippen molar-refractivity contribution in [2.24, 2.45) is 0 Å². The number of nitrogens with two attached hydrogens (primary N) is 1. The lowest BCUT2D eigenvalue weighted by Crippen LogP contribution is -2.13. The first-order chi connectivity index (χ1) is 9.65. The number of fused-ring (bicyclic) bond motifs is 1. The fourth-order valence-electron chi connectivity index (χ4n) is 2.11. The summed E-state index contributed by atoms with van der Waals surface area (Å²) in [5.41, 5.74) is 9.22. The summed E-state index contributed by atoms with van der Waals surface area (Å²) in [6, 6.07) is 11.0. The molecular weight excluding hydrogens is 252 g/mol. The molecule has 0 spiro atoms. The predicted molar refractivity (Wildman–Crippen MR) is 79.6 cm³/mol. The number of benzene rings is 1. The second-order valence-corrected chi connectivity index (χ2v) is 4.58. The quantitative estimate of drug-likeness (QED) is 0.623. The molecule has 1 amide bonds. The number of amides is 1. The van der Waals surface area contributed by atoms with Gasteiger partial charge in [-0.1, -0.05) is 12.1 Å². The van der Waals surface area contributed by atoms with E-state index in [0.29, 0.717) is 17.1 Å². The number of hydrogen-bond donors (Lipinski definition) is 3. The summed E-state index contributed by atoms with van der Waals surface area (Å²) in [5.74, 6) is -0.211. The molecule has 3 aromatic rings. The lowest BCUT2D eigenvalue weighted by Gasteiger charge is -2.05. The van der Waals surface area contributed by atoms with Crippen molar-refractivity contribution in [2.75, 3.05) is 11.1 Å². The molecule has 0 unspecified atom stereocenters. The van der Waals surface area contributed by atoms with Gasteiger partial charge in [0, 0.05) is 11.6 Å². The Morgan fingerprint density at radius 2 is 2.15 bits per heavy atom. The first kappa shape index (κ1) is 12.2. The maximum absolute atomic E-state index is 12.2. The Balaban J connectivity index is 1.93. The molecular formula is C15H14N4O. The molecule has 20 heavy (non-hydrogen) atoms. The second-order valence-electron chi connectivity index (χ2n) is 4.58. The first-order valence-corrected chi connectivity index (χ1v) is 6.25. The van der Waals surface area contributed by atoms with Gasteiger partial charge in [-0.05, 0) is 31.2 Å². The molecule has 3 rings (SSSR count). The van der Waals surface area contributed by atoms with Crippen molar-refractivity contribution in [3.63, 3.8) is 0 Å². The van der Waals surface area contributed by atoms with Crippen LogP contribution in [0.5, 0.6) is 0 Å². The minimum atomic E-state index is -0.211. The summed E-state index contributed by atoms with van der Waals surface area (Å²) in [6.07, 6.45) is 1.69. The molecule has 0 aliphatic heterocycles. The van der Waals surface area contributed by atoms with Crippen LogP contribution in [0.4, 0.5) is 11.4 Å². The molecule has 0 atom stereocenters. The van der Waals surface area contributed by atoms with E-state index in [9.17, 15) is 4.79 Å². The van der Waals surface area contributed by atoms with Gasteiger partial charge < -0.3 is 16.0 Å². The van der Waals surface area contributed by atoms with Crippen LogP contribution in [0.25, 0.3) is 10.9 Å². The van der Waals surface area contributed by atoms with Crippen LogP contribution in [0.15, 0.2) is 42.6 Å². The fourth-order valence-corrected chi connectivity index (χ4v) is 2.11. The smallest absolute Gasteiger partial charge is 0.272 e. The molecule has 0 aliphatic carbocycles. The van der Waals surface area contributed by atoms with E-state index in [2.05, 4.69) is 15.3 Å². The lowest BCUT2D eigenvalue weighted by molar-refractivity contribution is 0.102. The van der Waals surface area contributed by atoms with Gasteiger partial charge in [-0.15, -0.1) is 0 Å². The Morgan fingerprint density at radius 3 is 2.90 bits per heavy atom. The first-order valence-electron chi connectivity index (χ1n) is 6.25. The molecule has 100 valence electrons. The number of H-pyrrole nitrogens is 1. The normalized spacial score (nSPS) is 10.7. The Kier molecular flexibility index (Phi) is 2.87.